The van der Waals surface area contributed by atoms with Gasteiger partial charge in [0.05, 0.1) is 6.42 Å². The molecule has 0 aromatic rings. The first kappa shape index (κ1) is 41.4. The van der Waals surface area contributed by atoms with E-state index in [-0.39, 0.29) is 28.7 Å². The van der Waals surface area contributed by atoms with E-state index in [4.69, 9.17) is 0 Å². The highest BCUT2D eigenvalue weighted by atomic mass is 32.2. The molecule has 2 heterocycles. The smallest absolute Gasteiger partial charge is 0.303 e. The SMILES string of the molecule is C=CC.CC12CCN(C(=O)CC3(CC(=O)O)CCCC3)C(C)(C)C1CCC1(C)C2CCC2[C@H]3CCCC3(CNCCCN3CCS(=O)CC3)CC[C@]21C. The Hall–Kier alpha value is -1.25. The maximum Gasteiger partial charge on any atom is 0.303 e. The normalized spacial score (nSPS) is 40.5. The van der Waals surface area contributed by atoms with Crippen LogP contribution in [-0.4, -0.2) is 87.3 Å². The lowest BCUT2D eigenvalue weighted by molar-refractivity contribution is -0.239. The van der Waals surface area contributed by atoms with Crippen LogP contribution in [-0.2, 0) is 20.4 Å². The Balaban J connectivity index is 0.00000155. The second kappa shape index (κ2) is 15.9. The third kappa shape index (κ3) is 7.51. The Morgan fingerprint density at radius 3 is 2.19 bits per heavy atom. The van der Waals surface area contributed by atoms with Crippen LogP contribution >= 0.6 is 0 Å². The number of carboxylic acids is 1. The van der Waals surface area contributed by atoms with Crippen molar-refractivity contribution in [1.82, 2.24) is 15.1 Å². The Morgan fingerprint density at radius 1 is 0.811 bits per heavy atom. The molecule has 2 N–H and O–H groups in total. The number of fused-ring (bicyclic) bond motifs is 7. The molecule has 0 aromatic heterocycles. The summed E-state index contributed by atoms with van der Waals surface area (Å²) in [6, 6.07) is 0. The fourth-order valence-electron chi connectivity index (χ4n) is 15.1. The molecule has 53 heavy (non-hydrogen) atoms. The Morgan fingerprint density at radius 2 is 1.51 bits per heavy atom. The predicted octanol–water partition coefficient (Wildman–Crippen LogP) is 8.69. The van der Waals surface area contributed by atoms with Crippen molar-refractivity contribution in [2.24, 2.45) is 50.7 Å². The number of amides is 1. The number of rotatable bonds is 10. The van der Waals surface area contributed by atoms with Crippen molar-refractivity contribution < 1.29 is 18.9 Å². The molecule has 0 aromatic carbocycles. The molecule has 302 valence electrons. The molecule has 5 aliphatic carbocycles. The van der Waals surface area contributed by atoms with Gasteiger partial charge in [-0.2, -0.15) is 0 Å². The van der Waals surface area contributed by atoms with E-state index in [2.05, 4.69) is 56.3 Å². The number of aliphatic carboxylic acids is 1. The minimum atomic E-state index is -0.751. The number of piperidine rings is 1. The lowest BCUT2D eigenvalue weighted by Gasteiger charge is -2.73. The average Bonchev–Trinajstić information content (AvgIpc) is 3.73. The first-order valence-corrected chi connectivity index (χ1v) is 23.5. The van der Waals surface area contributed by atoms with Gasteiger partial charge in [0.2, 0.25) is 5.91 Å². The molecule has 0 radical (unpaired) electrons. The molecule has 1 amide bonds. The number of carbonyl (C=O) groups excluding carboxylic acids is 1. The van der Waals surface area contributed by atoms with E-state index in [1.807, 2.05) is 6.92 Å². The van der Waals surface area contributed by atoms with Crippen LogP contribution in [0.3, 0.4) is 0 Å². The summed E-state index contributed by atoms with van der Waals surface area (Å²) in [6.45, 7) is 24.3. The van der Waals surface area contributed by atoms with Gasteiger partial charge in [-0.25, -0.2) is 0 Å². The van der Waals surface area contributed by atoms with E-state index in [0.717, 1.165) is 88.2 Å². The summed E-state index contributed by atoms with van der Waals surface area (Å²) in [4.78, 5) is 30.7. The number of likely N-dealkylation sites (tertiary alicyclic amines) is 1. The largest absolute Gasteiger partial charge is 0.481 e. The van der Waals surface area contributed by atoms with Crippen LogP contribution in [0.5, 0.6) is 0 Å². The fraction of sp³-hybridized carbons (Fsp3) is 0.911. The molecule has 5 saturated carbocycles. The van der Waals surface area contributed by atoms with Gasteiger partial charge >= 0.3 is 5.97 Å². The minimum Gasteiger partial charge on any atom is -0.481 e. The zero-order valence-electron chi connectivity index (χ0n) is 34.7. The molecule has 8 heteroatoms. The summed E-state index contributed by atoms with van der Waals surface area (Å²) in [5.41, 5.74) is 0.848. The highest BCUT2D eigenvalue weighted by Gasteiger charge is 2.70. The van der Waals surface area contributed by atoms with E-state index < -0.39 is 16.8 Å². The van der Waals surface area contributed by atoms with Gasteiger partial charge < -0.3 is 20.2 Å². The van der Waals surface area contributed by atoms with E-state index >= 15 is 0 Å². The number of hydrogen-bond donors (Lipinski definition) is 2. The van der Waals surface area contributed by atoms with Crippen molar-refractivity contribution in [2.75, 3.05) is 50.8 Å². The molecule has 2 saturated heterocycles. The molecule has 7 nitrogen and oxygen atoms in total. The van der Waals surface area contributed by atoms with Gasteiger partial charge in [-0.05, 0) is 162 Å². The molecule has 2 aliphatic heterocycles. The molecule has 8 atom stereocenters. The first-order chi connectivity index (χ1) is 25.1. The third-order valence-corrected chi connectivity index (χ3v) is 19.1. The zero-order chi connectivity index (χ0) is 38.3. The summed E-state index contributed by atoms with van der Waals surface area (Å²) in [5.74, 6) is 4.01. The summed E-state index contributed by atoms with van der Waals surface area (Å²) >= 11 is 0. The van der Waals surface area contributed by atoms with E-state index in [0.29, 0.717) is 34.5 Å². The fourth-order valence-corrected chi connectivity index (χ4v) is 16.2. The zero-order valence-corrected chi connectivity index (χ0v) is 35.6. The minimum absolute atomic E-state index is 0.135. The van der Waals surface area contributed by atoms with E-state index in [9.17, 15) is 18.9 Å². The van der Waals surface area contributed by atoms with Crippen molar-refractivity contribution in [3.63, 3.8) is 0 Å². The number of nitrogens with one attached hydrogen (secondary N) is 1. The molecule has 7 aliphatic rings. The highest BCUT2D eigenvalue weighted by Crippen LogP contribution is 2.76. The molecule has 0 spiro atoms. The highest BCUT2D eigenvalue weighted by molar-refractivity contribution is 7.85. The van der Waals surface area contributed by atoms with E-state index in [1.165, 1.54) is 70.8 Å². The van der Waals surface area contributed by atoms with Crippen LogP contribution in [0.2, 0.25) is 0 Å². The topological polar surface area (TPSA) is 89.9 Å². The maximum atomic E-state index is 14.2. The van der Waals surface area contributed by atoms with Gasteiger partial charge in [0.15, 0.2) is 0 Å². The number of allylic oxidation sites excluding steroid dienone is 1. The standard InChI is InChI=1S/C42H71N3O4S.C3H6/c1-37(2)33-13-17-40(5)34(38(33,3)20-23-45(37)35(46)28-41(29-36(47)48)14-6-7-15-41)12-11-31-32-10-8-16-42(32,19-18-39(31,40)4)30-43-21-9-22-44-24-26-50(49)27-25-44;1-3-2/h31-34,43H,6-30H2,1-5H3,(H,47,48);3H,1H2,2H3/t31?,32-,33?,34?,38?,39-,40?,42?;/m1./s1. The van der Waals surface area contributed by atoms with Crippen molar-refractivity contribution >= 4 is 22.7 Å². The van der Waals surface area contributed by atoms with Crippen molar-refractivity contribution in [2.45, 2.75) is 156 Å². The van der Waals surface area contributed by atoms with Gasteiger partial charge in [-0.3, -0.25) is 13.8 Å². The van der Waals surface area contributed by atoms with Crippen molar-refractivity contribution in [3.05, 3.63) is 12.7 Å². The predicted molar refractivity (Wildman–Crippen MR) is 218 cm³/mol. The molecular formula is C45H77N3O4S. The first-order valence-electron chi connectivity index (χ1n) is 22.0. The van der Waals surface area contributed by atoms with Crippen LogP contribution < -0.4 is 5.32 Å². The van der Waals surface area contributed by atoms with Crippen LogP contribution in [0, 0.1) is 50.7 Å². The second-order valence-corrected chi connectivity index (χ2v) is 22.3. The Labute approximate surface area is 326 Å². The van der Waals surface area contributed by atoms with Gasteiger partial charge in [0, 0.05) is 60.4 Å². The monoisotopic (exact) mass is 756 g/mol. The lowest BCUT2D eigenvalue weighted by Crippen LogP contribution is -2.70. The van der Waals surface area contributed by atoms with Gasteiger partial charge in [0.1, 0.15) is 0 Å². The summed E-state index contributed by atoms with van der Waals surface area (Å²) < 4.78 is 11.8. The van der Waals surface area contributed by atoms with Crippen LogP contribution in [0.25, 0.3) is 0 Å². The summed E-state index contributed by atoms with van der Waals surface area (Å²) in [5, 5.41) is 13.7. The van der Waals surface area contributed by atoms with Crippen LogP contribution in [0.1, 0.15) is 151 Å². The average molecular weight is 756 g/mol. The second-order valence-electron chi connectivity index (χ2n) is 20.6. The molecule has 7 rings (SSSR count). The van der Waals surface area contributed by atoms with E-state index in [1.54, 1.807) is 6.08 Å². The van der Waals surface area contributed by atoms with Crippen LogP contribution in [0.15, 0.2) is 12.7 Å². The molecule has 7 fully saturated rings. The number of nitrogens with zero attached hydrogens (tertiary/aromatic N) is 2. The molecule has 6 unspecified atom stereocenters. The third-order valence-electron chi connectivity index (χ3n) is 17.8. The Bertz CT molecular complexity index is 1350. The Kier molecular flexibility index (Phi) is 12.5. The van der Waals surface area contributed by atoms with Crippen molar-refractivity contribution in [1.29, 1.82) is 0 Å². The quantitative estimate of drug-likeness (QED) is 0.171. The van der Waals surface area contributed by atoms with Crippen LogP contribution in [0.4, 0.5) is 0 Å². The number of hydrogen-bond acceptors (Lipinski definition) is 5. The van der Waals surface area contributed by atoms with Crippen molar-refractivity contribution in [3.8, 4) is 0 Å². The maximum absolute atomic E-state index is 14.2. The number of carbonyl (C=O) groups is 2. The van der Waals surface area contributed by atoms with Gasteiger partial charge in [-0.1, -0.05) is 46.1 Å². The molecular weight excluding hydrogens is 679 g/mol. The number of carboxylic acid groups (broad SMARTS) is 1. The molecule has 0 bridgehead atoms. The lowest BCUT2D eigenvalue weighted by atomic mass is 9.33. The summed E-state index contributed by atoms with van der Waals surface area (Å²) in [7, 11) is -0.592. The van der Waals surface area contributed by atoms with Gasteiger partial charge in [0.25, 0.3) is 0 Å². The summed E-state index contributed by atoms with van der Waals surface area (Å²) in [6.07, 6.45) is 20.6. The van der Waals surface area contributed by atoms with Gasteiger partial charge in [-0.15, -0.1) is 6.58 Å².